The maximum atomic E-state index is 12.1. The Hall–Kier alpha value is -2.50. The van der Waals surface area contributed by atoms with Gasteiger partial charge in [-0.05, 0) is 36.8 Å². The summed E-state index contributed by atoms with van der Waals surface area (Å²) in [5, 5.41) is 10.8. The molecule has 0 spiro atoms. The lowest BCUT2D eigenvalue weighted by atomic mass is 9.95. The van der Waals surface area contributed by atoms with E-state index in [0.717, 1.165) is 32.4 Å². The number of guanidine groups is 1. The number of rotatable bonds is 7. The third-order valence-electron chi connectivity index (χ3n) is 5.16. The van der Waals surface area contributed by atoms with Gasteiger partial charge in [0.15, 0.2) is 5.96 Å². The Balaban J connectivity index is 1.34. The largest absolute Gasteiger partial charge is 0.356 e. The summed E-state index contributed by atoms with van der Waals surface area (Å²) >= 11 is 0. The molecule has 2 aromatic rings. The lowest BCUT2D eigenvalue weighted by Gasteiger charge is -2.23. The van der Waals surface area contributed by atoms with Crippen LogP contribution in [0.5, 0.6) is 0 Å². The topological polar surface area (TPSA) is 70.5 Å². The predicted octanol–water partition coefficient (Wildman–Crippen LogP) is 2.65. The van der Waals surface area contributed by atoms with Gasteiger partial charge in [-0.15, -0.1) is 0 Å². The lowest BCUT2D eigenvalue weighted by Crippen LogP contribution is -2.46. The Bertz CT molecular complexity index is 761. The minimum atomic E-state index is 0.0451. The van der Waals surface area contributed by atoms with Crippen LogP contribution in [0.1, 0.15) is 38.5 Å². The van der Waals surface area contributed by atoms with Crippen molar-refractivity contribution in [2.75, 3.05) is 20.1 Å². The van der Waals surface area contributed by atoms with E-state index in [4.69, 9.17) is 0 Å². The number of hydrogen-bond acceptors (Lipinski definition) is 2. The van der Waals surface area contributed by atoms with Crippen LogP contribution < -0.4 is 16.0 Å². The van der Waals surface area contributed by atoms with E-state index in [9.17, 15) is 4.79 Å². The van der Waals surface area contributed by atoms with Crippen molar-refractivity contribution in [3.8, 4) is 0 Å². The highest BCUT2D eigenvalue weighted by Gasteiger charge is 2.15. The summed E-state index contributed by atoms with van der Waals surface area (Å²) < 4.78 is 2.27. The normalized spacial score (nSPS) is 15.7. The number of carbonyl (C=O) groups is 1. The fourth-order valence-corrected chi connectivity index (χ4v) is 3.70. The van der Waals surface area contributed by atoms with Crippen LogP contribution in [0.15, 0.2) is 41.5 Å². The Labute approximate surface area is 161 Å². The van der Waals surface area contributed by atoms with Crippen molar-refractivity contribution in [1.82, 2.24) is 20.5 Å². The van der Waals surface area contributed by atoms with Crippen LogP contribution in [-0.2, 0) is 11.3 Å². The molecule has 6 nitrogen and oxygen atoms in total. The standard InChI is InChI=1S/C21H31N5O/c1-22-21(24-16-20(27)25-18-9-3-2-4-10-18)23-13-7-14-26-15-12-17-8-5-6-11-19(17)26/h5-6,8,11-12,15,18H,2-4,7,9-10,13-14,16H2,1H3,(H,25,27)(H2,22,23,24). The van der Waals surface area contributed by atoms with Crippen LogP contribution in [0.2, 0.25) is 0 Å². The maximum Gasteiger partial charge on any atom is 0.239 e. The second-order valence-corrected chi connectivity index (χ2v) is 7.18. The summed E-state index contributed by atoms with van der Waals surface area (Å²) in [7, 11) is 1.73. The van der Waals surface area contributed by atoms with Crippen LogP contribution in [0.3, 0.4) is 0 Å². The van der Waals surface area contributed by atoms with E-state index in [-0.39, 0.29) is 12.5 Å². The smallest absolute Gasteiger partial charge is 0.239 e. The Morgan fingerprint density at radius 3 is 2.78 bits per heavy atom. The van der Waals surface area contributed by atoms with Gasteiger partial charge in [0, 0.05) is 37.9 Å². The molecule has 1 aromatic carbocycles. The summed E-state index contributed by atoms with van der Waals surface area (Å²) in [6, 6.07) is 10.9. The molecule has 1 aromatic heterocycles. The number of carbonyl (C=O) groups excluding carboxylic acids is 1. The first-order valence-corrected chi connectivity index (χ1v) is 10.0. The van der Waals surface area contributed by atoms with Crippen molar-refractivity contribution < 1.29 is 4.79 Å². The summed E-state index contributed by atoms with van der Waals surface area (Å²) in [4.78, 5) is 16.3. The van der Waals surface area contributed by atoms with Gasteiger partial charge < -0.3 is 20.5 Å². The number of hydrogen-bond donors (Lipinski definition) is 3. The molecule has 0 aliphatic heterocycles. The first-order valence-electron chi connectivity index (χ1n) is 10.0. The Morgan fingerprint density at radius 2 is 1.96 bits per heavy atom. The zero-order chi connectivity index (χ0) is 18.9. The van der Waals surface area contributed by atoms with Crippen molar-refractivity contribution in [2.24, 2.45) is 4.99 Å². The van der Waals surface area contributed by atoms with Crippen LogP contribution in [-0.4, -0.2) is 42.6 Å². The first-order chi connectivity index (χ1) is 13.3. The van der Waals surface area contributed by atoms with Crippen molar-refractivity contribution >= 4 is 22.8 Å². The fraction of sp³-hybridized carbons (Fsp3) is 0.524. The summed E-state index contributed by atoms with van der Waals surface area (Å²) in [5.74, 6) is 0.717. The number of aromatic nitrogens is 1. The van der Waals surface area contributed by atoms with Crippen molar-refractivity contribution in [3.63, 3.8) is 0 Å². The Morgan fingerprint density at radius 1 is 1.15 bits per heavy atom. The number of nitrogens with zero attached hydrogens (tertiary/aromatic N) is 2. The molecule has 0 saturated heterocycles. The fourth-order valence-electron chi connectivity index (χ4n) is 3.70. The SMILES string of the molecule is CN=C(NCCCn1ccc2ccccc21)NCC(=O)NC1CCCCC1. The summed E-state index contributed by atoms with van der Waals surface area (Å²) in [6.45, 7) is 2.01. The third-order valence-corrected chi connectivity index (χ3v) is 5.16. The monoisotopic (exact) mass is 369 g/mol. The molecule has 3 N–H and O–H groups in total. The molecule has 6 heteroatoms. The van der Waals surface area contributed by atoms with Gasteiger partial charge in [0.05, 0.1) is 6.54 Å². The van der Waals surface area contributed by atoms with Gasteiger partial charge in [-0.2, -0.15) is 0 Å². The molecular formula is C21H31N5O. The minimum Gasteiger partial charge on any atom is -0.356 e. The average Bonchev–Trinajstić information content (AvgIpc) is 3.11. The second kappa shape index (κ2) is 10.00. The Kier molecular flexibility index (Phi) is 7.13. The number of aryl methyl sites for hydroxylation is 1. The number of amides is 1. The molecule has 1 saturated carbocycles. The van der Waals surface area contributed by atoms with E-state index < -0.39 is 0 Å². The van der Waals surface area contributed by atoms with Gasteiger partial charge in [0.25, 0.3) is 0 Å². The predicted molar refractivity (Wildman–Crippen MR) is 111 cm³/mol. The molecule has 1 aliphatic carbocycles. The van der Waals surface area contributed by atoms with Crippen molar-refractivity contribution in [3.05, 3.63) is 36.5 Å². The van der Waals surface area contributed by atoms with E-state index in [2.05, 4.69) is 62.0 Å². The number of fused-ring (bicyclic) bond motifs is 1. The third kappa shape index (κ3) is 5.74. The first kappa shape index (κ1) is 19.3. The molecule has 0 atom stereocenters. The molecule has 146 valence electrons. The van der Waals surface area contributed by atoms with E-state index in [1.165, 1.54) is 30.2 Å². The van der Waals surface area contributed by atoms with Crippen LogP contribution >= 0.6 is 0 Å². The molecule has 1 aliphatic rings. The molecule has 1 heterocycles. The molecule has 0 unspecified atom stereocenters. The zero-order valence-electron chi connectivity index (χ0n) is 16.2. The van der Waals surface area contributed by atoms with Gasteiger partial charge in [-0.1, -0.05) is 37.5 Å². The minimum absolute atomic E-state index is 0.0451. The maximum absolute atomic E-state index is 12.1. The van der Waals surface area contributed by atoms with Crippen LogP contribution in [0, 0.1) is 0 Å². The van der Waals surface area contributed by atoms with Crippen molar-refractivity contribution in [1.29, 1.82) is 0 Å². The molecule has 1 fully saturated rings. The van der Waals surface area contributed by atoms with Gasteiger partial charge in [-0.3, -0.25) is 9.79 Å². The molecule has 0 radical (unpaired) electrons. The molecular weight excluding hydrogens is 338 g/mol. The van der Waals surface area contributed by atoms with Gasteiger partial charge in [0.2, 0.25) is 5.91 Å². The number of para-hydroxylation sites is 1. The van der Waals surface area contributed by atoms with E-state index in [1.54, 1.807) is 7.05 Å². The zero-order valence-corrected chi connectivity index (χ0v) is 16.2. The van der Waals surface area contributed by atoms with Gasteiger partial charge >= 0.3 is 0 Å². The van der Waals surface area contributed by atoms with Crippen LogP contribution in [0.25, 0.3) is 10.9 Å². The van der Waals surface area contributed by atoms with Crippen LogP contribution in [0.4, 0.5) is 0 Å². The quantitative estimate of drug-likeness (QED) is 0.399. The lowest BCUT2D eigenvalue weighted by molar-refractivity contribution is -0.120. The molecule has 0 bridgehead atoms. The molecule has 1 amide bonds. The van der Waals surface area contributed by atoms with Gasteiger partial charge in [-0.25, -0.2) is 0 Å². The molecule has 3 rings (SSSR count). The highest BCUT2D eigenvalue weighted by Crippen LogP contribution is 2.17. The number of aliphatic imine (C=N–C) groups is 1. The average molecular weight is 370 g/mol. The van der Waals surface area contributed by atoms with E-state index >= 15 is 0 Å². The van der Waals surface area contributed by atoms with Crippen molar-refractivity contribution in [2.45, 2.75) is 51.1 Å². The highest BCUT2D eigenvalue weighted by molar-refractivity contribution is 5.86. The highest BCUT2D eigenvalue weighted by atomic mass is 16.2. The summed E-state index contributed by atoms with van der Waals surface area (Å²) in [6.07, 6.45) is 9.05. The summed E-state index contributed by atoms with van der Waals surface area (Å²) in [5.41, 5.74) is 1.26. The number of benzene rings is 1. The van der Waals surface area contributed by atoms with E-state index in [1.807, 2.05) is 0 Å². The second-order valence-electron chi connectivity index (χ2n) is 7.18. The number of nitrogens with one attached hydrogen (secondary N) is 3. The molecule has 27 heavy (non-hydrogen) atoms. The van der Waals surface area contributed by atoms with Gasteiger partial charge in [0.1, 0.15) is 0 Å². The van der Waals surface area contributed by atoms with E-state index in [0.29, 0.717) is 12.0 Å².